The third-order valence-electron chi connectivity index (χ3n) is 3.30. The number of hydrogen-bond donors (Lipinski definition) is 3. The molecule has 1 aromatic heterocycles. The van der Waals surface area contributed by atoms with Crippen LogP contribution in [0.3, 0.4) is 0 Å². The lowest BCUT2D eigenvalue weighted by molar-refractivity contribution is 0.311. The molecular weight excluding hydrogens is 228 g/mol. The quantitative estimate of drug-likeness (QED) is 0.718. The van der Waals surface area contributed by atoms with Gasteiger partial charge in [0.05, 0.1) is 6.61 Å². The molecule has 1 fully saturated rings. The van der Waals surface area contributed by atoms with Crippen LogP contribution in [-0.2, 0) is 0 Å². The molecule has 3 N–H and O–H groups in total. The summed E-state index contributed by atoms with van der Waals surface area (Å²) in [5, 5.41) is 15.2. The summed E-state index contributed by atoms with van der Waals surface area (Å²) in [6.07, 6.45) is 5.37. The van der Waals surface area contributed by atoms with E-state index >= 15 is 0 Å². The Morgan fingerprint density at radius 2 is 1.89 bits per heavy atom. The second-order valence-electron chi connectivity index (χ2n) is 4.87. The largest absolute Gasteiger partial charge is 0.395 e. The molecule has 0 bridgehead atoms. The Morgan fingerprint density at radius 1 is 1.22 bits per heavy atom. The first-order chi connectivity index (χ1) is 8.78. The molecule has 18 heavy (non-hydrogen) atoms. The Kier molecular flexibility index (Phi) is 4.75. The summed E-state index contributed by atoms with van der Waals surface area (Å²) in [4.78, 5) is 8.66. The molecule has 0 radical (unpaired) electrons. The van der Waals surface area contributed by atoms with E-state index in [1.165, 1.54) is 25.7 Å². The van der Waals surface area contributed by atoms with E-state index in [1.54, 1.807) is 0 Å². The number of rotatable bonds is 6. The number of aliphatic hydroxyl groups excluding tert-OH is 1. The van der Waals surface area contributed by atoms with Crippen molar-refractivity contribution in [2.75, 3.05) is 30.3 Å². The smallest absolute Gasteiger partial charge is 0.131 e. The van der Waals surface area contributed by atoms with Gasteiger partial charge in [0.25, 0.3) is 0 Å². The summed E-state index contributed by atoms with van der Waals surface area (Å²) in [7, 11) is 0. The minimum atomic E-state index is 0.105. The lowest BCUT2D eigenvalue weighted by Gasteiger charge is -2.12. The fraction of sp³-hybridized carbons (Fsp3) is 0.692. The van der Waals surface area contributed by atoms with Crippen LogP contribution < -0.4 is 10.6 Å². The van der Waals surface area contributed by atoms with Crippen LogP contribution >= 0.6 is 0 Å². The number of aromatic nitrogens is 2. The molecule has 0 saturated heterocycles. The van der Waals surface area contributed by atoms with E-state index in [0.29, 0.717) is 6.54 Å². The maximum absolute atomic E-state index is 8.79. The van der Waals surface area contributed by atoms with Crippen LogP contribution in [0.5, 0.6) is 0 Å². The van der Waals surface area contributed by atoms with Gasteiger partial charge in [-0.25, -0.2) is 9.97 Å². The van der Waals surface area contributed by atoms with Crippen molar-refractivity contribution < 1.29 is 5.11 Å². The molecule has 0 unspecified atom stereocenters. The van der Waals surface area contributed by atoms with Crippen molar-refractivity contribution in [3.63, 3.8) is 0 Å². The highest BCUT2D eigenvalue weighted by Crippen LogP contribution is 2.24. The fourth-order valence-electron chi connectivity index (χ4n) is 2.40. The molecule has 1 aromatic rings. The van der Waals surface area contributed by atoms with Gasteiger partial charge in [0.2, 0.25) is 0 Å². The number of aliphatic hydroxyl groups is 1. The van der Waals surface area contributed by atoms with Gasteiger partial charge >= 0.3 is 0 Å². The summed E-state index contributed by atoms with van der Waals surface area (Å²) in [6, 6.07) is 1.90. The highest BCUT2D eigenvalue weighted by atomic mass is 16.3. The molecular formula is C13H22N4O. The predicted molar refractivity (Wildman–Crippen MR) is 72.8 cm³/mol. The Labute approximate surface area is 108 Å². The SMILES string of the molecule is Cc1nc(NCCO)cc(NCC2CCCC2)n1. The topological polar surface area (TPSA) is 70.1 Å². The monoisotopic (exact) mass is 250 g/mol. The van der Waals surface area contributed by atoms with Gasteiger partial charge in [-0.2, -0.15) is 0 Å². The van der Waals surface area contributed by atoms with Gasteiger partial charge in [-0.3, -0.25) is 0 Å². The van der Waals surface area contributed by atoms with Crippen LogP contribution in [0, 0.1) is 12.8 Å². The second-order valence-corrected chi connectivity index (χ2v) is 4.87. The minimum absolute atomic E-state index is 0.105. The van der Waals surface area contributed by atoms with Crippen LogP contribution in [0.15, 0.2) is 6.07 Å². The maximum Gasteiger partial charge on any atom is 0.131 e. The first kappa shape index (κ1) is 13.1. The van der Waals surface area contributed by atoms with Crippen molar-refractivity contribution in [1.82, 2.24) is 9.97 Å². The number of aryl methyl sites for hydroxylation is 1. The summed E-state index contributed by atoms with van der Waals surface area (Å²) >= 11 is 0. The normalized spacial score (nSPS) is 15.9. The molecule has 5 heteroatoms. The van der Waals surface area contributed by atoms with Crippen molar-refractivity contribution in [2.24, 2.45) is 5.92 Å². The minimum Gasteiger partial charge on any atom is -0.395 e. The van der Waals surface area contributed by atoms with Crippen molar-refractivity contribution in [2.45, 2.75) is 32.6 Å². The average Bonchev–Trinajstić information content (AvgIpc) is 2.86. The molecule has 0 aromatic carbocycles. The molecule has 100 valence electrons. The Morgan fingerprint density at radius 3 is 2.56 bits per heavy atom. The first-order valence-electron chi connectivity index (χ1n) is 6.72. The van der Waals surface area contributed by atoms with Crippen LogP contribution in [0.1, 0.15) is 31.5 Å². The van der Waals surface area contributed by atoms with E-state index < -0.39 is 0 Å². The summed E-state index contributed by atoms with van der Waals surface area (Å²) in [5.74, 6) is 3.17. The van der Waals surface area contributed by atoms with Crippen LogP contribution in [0.2, 0.25) is 0 Å². The molecule has 0 spiro atoms. The van der Waals surface area contributed by atoms with Gasteiger partial charge in [-0.05, 0) is 25.7 Å². The van der Waals surface area contributed by atoms with E-state index in [-0.39, 0.29) is 6.61 Å². The third-order valence-corrected chi connectivity index (χ3v) is 3.30. The van der Waals surface area contributed by atoms with E-state index in [2.05, 4.69) is 20.6 Å². The van der Waals surface area contributed by atoms with Crippen LogP contribution in [0.4, 0.5) is 11.6 Å². The zero-order valence-electron chi connectivity index (χ0n) is 10.9. The van der Waals surface area contributed by atoms with Crippen molar-refractivity contribution in [1.29, 1.82) is 0 Å². The molecule has 1 aliphatic carbocycles. The molecule has 0 atom stereocenters. The Bertz CT molecular complexity index is 377. The molecule has 0 amide bonds. The first-order valence-corrected chi connectivity index (χ1v) is 6.72. The molecule has 0 aliphatic heterocycles. The molecule has 1 aliphatic rings. The Hall–Kier alpha value is -1.36. The third kappa shape index (κ3) is 3.84. The standard InChI is InChI=1S/C13H22N4O/c1-10-16-12(14-6-7-18)8-13(17-10)15-9-11-4-2-3-5-11/h8,11,18H,2-7,9H2,1H3,(H2,14,15,16,17). The maximum atomic E-state index is 8.79. The van der Waals surface area contributed by atoms with Gasteiger partial charge in [0.15, 0.2) is 0 Å². The number of hydrogen-bond acceptors (Lipinski definition) is 5. The average molecular weight is 250 g/mol. The molecule has 2 rings (SSSR count). The number of nitrogens with zero attached hydrogens (tertiary/aromatic N) is 2. The second kappa shape index (κ2) is 6.54. The fourth-order valence-corrected chi connectivity index (χ4v) is 2.40. The molecule has 1 saturated carbocycles. The zero-order chi connectivity index (χ0) is 12.8. The van der Waals surface area contributed by atoms with E-state index in [9.17, 15) is 0 Å². The summed E-state index contributed by atoms with van der Waals surface area (Å²) in [5.41, 5.74) is 0. The van der Waals surface area contributed by atoms with Crippen molar-refractivity contribution in [3.05, 3.63) is 11.9 Å². The lowest BCUT2D eigenvalue weighted by atomic mass is 10.1. The lowest BCUT2D eigenvalue weighted by Crippen LogP contribution is -2.14. The summed E-state index contributed by atoms with van der Waals surface area (Å²) in [6.45, 7) is 3.49. The van der Waals surface area contributed by atoms with Crippen molar-refractivity contribution >= 4 is 11.6 Å². The van der Waals surface area contributed by atoms with Gasteiger partial charge in [-0.15, -0.1) is 0 Å². The van der Waals surface area contributed by atoms with Gasteiger partial charge in [-0.1, -0.05) is 12.8 Å². The molecule has 1 heterocycles. The van der Waals surface area contributed by atoms with E-state index in [4.69, 9.17) is 5.11 Å². The number of anilines is 2. The van der Waals surface area contributed by atoms with Gasteiger partial charge in [0, 0.05) is 19.2 Å². The highest BCUT2D eigenvalue weighted by Gasteiger charge is 2.14. The van der Waals surface area contributed by atoms with Crippen LogP contribution in [0.25, 0.3) is 0 Å². The van der Waals surface area contributed by atoms with E-state index in [1.807, 2.05) is 13.0 Å². The summed E-state index contributed by atoms with van der Waals surface area (Å²) < 4.78 is 0. The highest BCUT2D eigenvalue weighted by molar-refractivity contribution is 5.47. The predicted octanol–water partition coefficient (Wildman–Crippen LogP) is 1.79. The Balaban J connectivity index is 1.91. The number of nitrogens with one attached hydrogen (secondary N) is 2. The van der Waals surface area contributed by atoms with Gasteiger partial charge in [0.1, 0.15) is 17.5 Å². The zero-order valence-corrected chi connectivity index (χ0v) is 10.9. The molecule has 5 nitrogen and oxygen atoms in total. The van der Waals surface area contributed by atoms with Crippen molar-refractivity contribution in [3.8, 4) is 0 Å². The van der Waals surface area contributed by atoms with E-state index in [0.717, 1.165) is 29.9 Å². The van der Waals surface area contributed by atoms with Crippen LogP contribution in [-0.4, -0.2) is 34.8 Å². The van der Waals surface area contributed by atoms with Gasteiger partial charge < -0.3 is 15.7 Å².